The van der Waals surface area contributed by atoms with E-state index in [2.05, 4.69) is 15.3 Å². The lowest BCUT2D eigenvalue weighted by atomic mass is 9.73. The zero-order chi connectivity index (χ0) is 14.8. The van der Waals surface area contributed by atoms with Gasteiger partial charge in [-0.2, -0.15) is 0 Å². The number of fused-ring (bicyclic) bond motifs is 1. The fourth-order valence-electron chi connectivity index (χ4n) is 3.96. The number of piperidine rings is 1. The average Bonchev–Trinajstić information content (AvgIpc) is 3.22. The van der Waals surface area contributed by atoms with Crippen molar-refractivity contribution in [1.82, 2.24) is 9.88 Å². The third kappa shape index (κ3) is 3.37. The van der Waals surface area contributed by atoms with Crippen LogP contribution in [0.4, 0.5) is 0 Å². The molecule has 2 saturated heterocycles. The molecule has 2 atom stereocenters. The lowest BCUT2D eigenvalue weighted by Crippen LogP contribution is -2.56. The molecule has 0 aromatic carbocycles. The lowest BCUT2D eigenvalue weighted by Gasteiger charge is -2.50. The molecule has 2 aliphatic heterocycles. The third-order valence-electron chi connectivity index (χ3n) is 5.35. The summed E-state index contributed by atoms with van der Waals surface area (Å²) in [7, 11) is 0. The first kappa shape index (κ1) is 15.1. The lowest BCUT2D eigenvalue weighted by molar-refractivity contribution is -0.154. The van der Waals surface area contributed by atoms with E-state index in [-0.39, 0.29) is 5.41 Å². The topological polar surface area (TPSA) is 34.6 Å². The Balaban J connectivity index is 1.40. The van der Waals surface area contributed by atoms with Crippen LogP contribution in [0.1, 0.15) is 37.1 Å². The van der Waals surface area contributed by atoms with E-state index < -0.39 is 0 Å². The van der Waals surface area contributed by atoms with Crippen molar-refractivity contribution in [1.29, 1.82) is 0 Å². The molecule has 122 valence electrons. The number of nitrogens with zero attached hydrogens (tertiary/aromatic N) is 2. The molecule has 0 amide bonds. The van der Waals surface area contributed by atoms with Gasteiger partial charge >= 0.3 is 0 Å². The molecule has 3 heterocycles. The van der Waals surface area contributed by atoms with Crippen LogP contribution in [0.2, 0.25) is 0 Å². The maximum atomic E-state index is 6.12. The quantitative estimate of drug-likeness (QED) is 0.806. The van der Waals surface area contributed by atoms with Gasteiger partial charge in [0.05, 0.1) is 19.3 Å². The van der Waals surface area contributed by atoms with Crippen LogP contribution in [0.25, 0.3) is 0 Å². The SMILES string of the molecule is c1csc(CN2CC[C@@H]3OCCC[C@@]3(COCC3CC3)C2)n1. The van der Waals surface area contributed by atoms with Crippen molar-refractivity contribution >= 4 is 11.3 Å². The molecule has 0 radical (unpaired) electrons. The van der Waals surface area contributed by atoms with E-state index in [0.29, 0.717) is 6.10 Å². The number of rotatable bonds is 6. The van der Waals surface area contributed by atoms with Gasteiger partial charge in [0.2, 0.25) is 0 Å². The Morgan fingerprint density at radius 3 is 3.18 bits per heavy atom. The molecule has 0 bridgehead atoms. The van der Waals surface area contributed by atoms with Crippen LogP contribution in [0.5, 0.6) is 0 Å². The second-order valence-corrected chi connectivity index (χ2v) is 8.19. The van der Waals surface area contributed by atoms with E-state index in [1.165, 1.54) is 30.7 Å². The van der Waals surface area contributed by atoms with Crippen molar-refractivity contribution in [2.45, 2.75) is 44.8 Å². The second kappa shape index (κ2) is 6.56. The summed E-state index contributed by atoms with van der Waals surface area (Å²) in [4.78, 5) is 7.01. The maximum absolute atomic E-state index is 6.12. The van der Waals surface area contributed by atoms with Gasteiger partial charge in [0.1, 0.15) is 5.01 Å². The Hall–Kier alpha value is -0.490. The van der Waals surface area contributed by atoms with Gasteiger partial charge in [-0.25, -0.2) is 4.98 Å². The molecule has 1 aromatic rings. The molecule has 3 fully saturated rings. The predicted octanol–water partition coefficient (Wildman–Crippen LogP) is 2.94. The maximum Gasteiger partial charge on any atom is 0.107 e. The molecular weight excluding hydrogens is 296 g/mol. The molecular formula is C17H26N2O2S. The van der Waals surface area contributed by atoms with Gasteiger partial charge < -0.3 is 9.47 Å². The minimum absolute atomic E-state index is 0.211. The van der Waals surface area contributed by atoms with Crippen LogP contribution in [-0.2, 0) is 16.0 Å². The first-order valence-corrected chi connectivity index (χ1v) is 9.52. The summed E-state index contributed by atoms with van der Waals surface area (Å²) in [6.45, 7) is 5.97. The van der Waals surface area contributed by atoms with Crippen molar-refractivity contribution < 1.29 is 9.47 Å². The van der Waals surface area contributed by atoms with Gasteiger partial charge in [0, 0.05) is 43.3 Å². The Kier molecular flexibility index (Phi) is 4.49. The molecule has 0 spiro atoms. The number of thiazole rings is 1. The monoisotopic (exact) mass is 322 g/mol. The van der Waals surface area contributed by atoms with Crippen LogP contribution in [0, 0.1) is 11.3 Å². The summed E-state index contributed by atoms with van der Waals surface area (Å²) in [6.07, 6.45) is 8.59. The van der Waals surface area contributed by atoms with Crippen LogP contribution >= 0.6 is 11.3 Å². The summed E-state index contributed by atoms with van der Waals surface area (Å²) in [5, 5.41) is 3.30. The number of aromatic nitrogens is 1. The minimum Gasteiger partial charge on any atom is -0.380 e. The third-order valence-corrected chi connectivity index (χ3v) is 6.11. The predicted molar refractivity (Wildman–Crippen MR) is 87.0 cm³/mol. The number of hydrogen-bond acceptors (Lipinski definition) is 5. The average molecular weight is 322 g/mol. The highest BCUT2D eigenvalue weighted by Crippen LogP contribution is 2.41. The van der Waals surface area contributed by atoms with Crippen LogP contribution in [-0.4, -0.2) is 48.9 Å². The zero-order valence-corrected chi connectivity index (χ0v) is 14.0. The summed E-state index contributed by atoms with van der Waals surface area (Å²) >= 11 is 1.76. The standard InChI is InChI=1S/C17H26N2O2S/c1-5-17(13-20-11-14-2-3-14)12-19(7-4-15(17)21-8-1)10-16-18-6-9-22-16/h6,9,14-15H,1-5,7-8,10-13H2/t15-,17-/m0/s1. The van der Waals surface area contributed by atoms with Gasteiger partial charge in [-0.05, 0) is 38.0 Å². The molecule has 0 N–H and O–H groups in total. The normalized spacial score (nSPS) is 32.8. The fourth-order valence-corrected chi connectivity index (χ4v) is 4.62. The highest BCUT2D eigenvalue weighted by molar-refractivity contribution is 7.09. The summed E-state index contributed by atoms with van der Waals surface area (Å²) in [5.74, 6) is 0.842. The molecule has 0 unspecified atom stereocenters. The van der Waals surface area contributed by atoms with Crippen molar-refractivity contribution in [2.75, 3.05) is 32.9 Å². The van der Waals surface area contributed by atoms with Gasteiger partial charge in [0.15, 0.2) is 0 Å². The second-order valence-electron chi connectivity index (χ2n) is 7.21. The van der Waals surface area contributed by atoms with Crippen molar-refractivity contribution in [3.63, 3.8) is 0 Å². The molecule has 4 nitrogen and oxygen atoms in total. The zero-order valence-electron chi connectivity index (χ0n) is 13.2. The fraction of sp³-hybridized carbons (Fsp3) is 0.824. The van der Waals surface area contributed by atoms with Gasteiger partial charge in [-0.1, -0.05) is 0 Å². The molecule has 5 heteroatoms. The van der Waals surface area contributed by atoms with Gasteiger partial charge in [0.25, 0.3) is 0 Å². The van der Waals surface area contributed by atoms with Crippen molar-refractivity contribution in [3.05, 3.63) is 16.6 Å². The van der Waals surface area contributed by atoms with Crippen LogP contribution in [0.3, 0.4) is 0 Å². The number of ether oxygens (including phenoxy) is 2. The van der Waals surface area contributed by atoms with Gasteiger partial charge in [-0.3, -0.25) is 4.90 Å². The molecule has 1 aliphatic carbocycles. The number of likely N-dealkylation sites (tertiary alicyclic amines) is 1. The van der Waals surface area contributed by atoms with E-state index in [4.69, 9.17) is 9.47 Å². The summed E-state index contributed by atoms with van der Waals surface area (Å²) < 4.78 is 12.2. The van der Waals surface area contributed by atoms with Crippen molar-refractivity contribution in [3.8, 4) is 0 Å². The van der Waals surface area contributed by atoms with Gasteiger partial charge in [-0.15, -0.1) is 11.3 Å². The largest absolute Gasteiger partial charge is 0.380 e. The van der Waals surface area contributed by atoms with Crippen LogP contribution in [0.15, 0.2) is 11.6 Å². The summed E-state index contributed by atoms with van der Waals surface area (Å²) in [6, 6.07) is 0. The smallest absolute Gasteiger partial charge is 0.107 e. The number of hydrogen-bond donors (Lipinski definition) is 0. The molecule has 1 saturated carbocycles. The van der Waals surface area contributed by atoms with Crippen molar-refractivity contribution in [2.24, 2.45) is 11.3 Å². The highest BCUT2D eigenvalue weighted by atomic mass is 32.1. The first-order chi connectivity index (χ1) is 10.8. The Bertz CT molecular complexity index is 477. The molecule has 3 aliphatic rings. The minimum atomic E-state index is 0.211. The Morgan fingerprint density at radius 2 is 2.36 bits per heavy atom. The van der Waals surface area contributed by atoms with E-state index in [1.54, 1.807) is 11.3 Å². The Morgan fingerprint density at radius 1 is 1.41 bits per heavy atom. The van der Waals surface area contributed by atoms with E-state index in [1.807, 2.05) is 6.20 Å². The highest BCUT2D eigenvalue weighted by Gasteiger charge is 2.46. The van der Waals surface area contributed by atoms with E-state index in [9.17, 15) is 0 Å². The van der Waals surface area contributed by atoms with E-state index in [0.717, 1.165) is 51.8 Å². The Labute approximate surface area is 136 Å². The molecule has 4 rings (SSSR count). The molecule has 1 aromatic heterocycles. The van der Waals surface area contributed by atoms with Crippen LogP contribution < -0.4 is 0 Å². The summed E-state index contributed by atoms with van der Waals surface area (Å²) in [5.41, 5.74) is 0.211. The van der Waals surface area contributed by atoms with E-state index >= 15 is 0 Å². The first-order valence-electron chi connectivity index (χ1n) is 8.64. The molecule has 22 heavy (non-hydrogen) atoms.